The molecule has 0 bridgehead atoms. The summed E-state index contributed by atoms with van der Waals surface area (Å²) in [5, 5.41) is 39.4. The van der Waals surface area contributed by atoms with Crippen LogP contribution in [-0.4, -0.2) is 9.97 Å². The second-order valence-electron chi connectivity index (χ2n) is 9.60. The summed E-state index contributed by atoms with van der Waals surface area (Å²) >= 11 is 0. The molecular weight excluding hydrogens is 604 g/mol. The van der Waals surface area contributed by atoms with E-state index < -0.39 is 0 Å². The topological polar surface area (TPSA) is 188 Å². The van der Waals surface area contributed by atoms with Crippen molar-refractivity contribution >= 4 is 11.4 Å². The highest BCUT2D eigenvalue weighted by atomic mass is 15.0. The van der Waals surface area contributed by atoms with Crippen LogP contribution in [0.5, 0.6) is 0 Å². The Morgan fingerprint density at radius 2 is 1.23 bits per heavy atom. The van der Waals surface area contributed by atoms with Crippen LogP contribution in [0, 0.1) is 71.6 Å². The third-order valence-electron chi connectivity index (χ3n) is 6.97. The maximum absolute atomic E-state index is 10.3. The highest BCUT2D eigenvalue weighted by molar-refractivity contribution is 5.81. The van der Waals surface area contributed by atoms with Gasteiger partial charge in [-0.05, 0) is 42.5 Å². The zero-order valence-corrected chi connectivity index (χ0v) is 23.9. The first-order chi connectivity index (χ1) is 23.4. The van der Waals surface area contributed by atoms with Gasteiger partial charge in [0.25, 0.3) is 0 Å². The Balaban J connectivity index is 1.68. The second-order valence-corrected chi connectivity index (χ2v) is 9.60. The highest BCUT2D eigenvalue weighted by Gasteiger charge is 2.21. The molecular formula is C34H8N14. The van der Waals surface area contributed by atoms with Gasteiger partial charge in [0.1, 0.15) is 11.4 Å². The number of fused-ring (bicyclic) bond motifs is 2. The zero-order chi connectivity index (χ0) is 33.9. The van der Waals surface area contributed by atoms with Crippen molar-refractivity contribution in [3.8, 4) is 58.2 Å². The minimum absolute atomic E-state index is 0.0259. The van der Waals surface area contributed by atoms with E-state index in [9.17, 15) is 21.0 Å². The van der Waals surface area contributed by atoms with Gasteiger partial charge in [0.15, 0.2) is 23.2 Å². The first kappa shape index (κ1) is 29.4. The van der Waals surface area contributed by atoms with Gasteiger partial charge in [-0.25, -0.2) is 59.8 Å². The number of allylic oxidation sites excluding steroid dienone is 2. The number of nitriles is 4. The van der Waals surface area contributed by atoms with Crippen LogP contribution in [0.1, 0.15) is 11.1 Å². The predicted molar refractivity (Wildman–Crippen MR) is 163 cm³/mol. The van der Waals surface area contributed by atoms with E-state index in [0.29, 0.717) is 5.56 Å². The van der Waals surface area contributed by atoms with Crippen molar-refractivity contribution in [1.82, 2.24) is 9.97 Å². The van der Waals surface area contributed by atoms with E-state index >= 15 is 0 Å². The Labute approximate surface area is 270 Å². The van der Waals surface area contributed by atoms with Crippen LogP contribution in [0.25, 0.3) is 53.3 Å². The fraction of sp³-hybridized carbons (Fsp3) is 0. The van der Waals surface area contributed by atoms with Gasteiger partial charge < -0.3 is 0 Å². The number of hydrogen-bond donors (Lipinski definition) is 0. The van der Waals surface area contributed by atoms with Crippen molar-refractivity contribution in [1.29, 1.82) is 21.0 Å². The molecule has 0 aliphatic carbocycles. The van der Waals surface area contributed by atoms with Gasteiger partial charge in [0.05, 0.1) is 77.5 Å². The normalized spacial score (nSPS) is 13.6. The van der Waals surface area contributed by atoms with Gasteiger partial charge in [0, 0.05) is 22.3 Å². The van der Waals surface area contributed by atoms with E-state index in [4.69, 9.17) is 36.3 Å². The summed E-state index contributed by atoms with van der Waals surface area (Å²) in [5.74, 6) is -0.180. The minimum atomic E-state index is -0.340. The molecule has 2 aliphatic heterocycles. The third kappa shape index (κ3) is 4.80. The van der Waals surface area contributed by atoms with E-state index in [-0.39, 0.29) is 95.3 Å². The number of rotatable bonds is 3. The number of aromatic nitrogens is 2. The van der Waals surface area contributed by atoms with Gasteiger partial charge in [-0.15, -0.1) is 0 Å². The van der Waals surface area contributed by atoms with E-state index in [1.807, 2.05) is 6.07 Å². The molecule has 0 saturated heterocycles. The summed E-state index contributed by atoms with van der Waals surface area (Å²) in [7, 11) is 0. The molecule has 0 unspecified atom stereocenters. The van der Waals surface area contributed by atoms with Crippen LogP contribution >= 0.6 is 0 Å². The fourth-order valence-electron chi connectivity index (χ4n) is 4.87. The van der Waals surface area contributed by atoms with Crippen molar-refractivity contribution in [2.24, 2.45) is 20.0 Å². The number of hydrogen-bond acceptors (Lipinski definition) is 10. The first-order valence-corrected chi connectivity index (χ1v) is 13.2. The van der Waals surface area contributed by atoms with Crippen molar-refractivity contribution in [3.05, 3.63) is 150 Å². The van der Waals surface area contributed by atoms with E-state index in [1.165, 1.54) is 24.3 Å². The molecule has 3 heterocycles. The van der Waals surface area contributed by atoms with E-state index in [1.54, 1.807) is 36.4 Å². The molecule has 48 heavy (non-hydrogen) atoms. The Kier molecular flexibility index (Phi) is 7.22. The Morgan fingerprint density at radius 3 is 1.79 bits per heavy atom. The lowest BCUT2D eigenvalue weighted by molar-refractivity contribution is 1.17. The maximum atomic E-state index is 10.3. The number of nitrogens with zero attached hydrogens (tertiary/aromatic N) is 14. The summed E-state index contributed by atoms with van der Waals surface area (Å²) in [6.45, 7) is 30.0. The van der Waals surface area contributed by atoms with Gasteiger partial charge in [-0.2, -0.15) is 10.5 Å². The molecule has 4 aromatic rings. The smallest absolute Gasteiger partial charge is 0.250 e. The maximum Gasteiger partial charge on any atom is 0.305 e. The molecule has 0 fully saturated rings. The standard InChI is InChI=1S/C34H8N14/c1-39-19-10-17(13-35)9-18(11-19)32-45-25(20-5-7-23-29(22(20)14-36)47-33(43-23)27(15-37)40-2)12-26(46-32)21-6-8-24-31(30(21)42-4)48-34(44-24)28(16-38)41-3/h5-12H/b33-27+,34-28-. The summed E-state index contributed by atoms with van der Waals surface area (Å²) in [5.41, 5.74) is 1.05. The van der Waals surface area contributed by atoms with Crippen LogP contribution in [0.2, 0.25) is 0 Å². The molecule has 14 heteroatoms. The summed E-state index contributed by atoms with van der Waals surface area (Å²) in [6, 6.07) is 19.9. The second kappa shape index (κ2) is 11.8. The molecule has 0 atom stereocenters. The van der Waals surface area contributed by atoms with E-state index in [0.717, 1.165) is 0 Å². The van der Waals surface area contributed by atoms with Crippen LogP contribution in [0.4, 0.5) is 11.4 Å². The molecule has 0 amide bonds. The highest BCUT2D eigenvalue weighted by Crippen LogP contribution is 2.33. The average Bonchev–Trinajstić information content (AvgIpc) is 3.76. The van der Waals surface area contributed by atoms with E-state index in [2.05, 4.69) is 45.4 Å². The Morgan fingerprint density at radius 1 is 0.625 bits per heavy atom. The van der Waals surface area contributed by atoms with Crippen molar-refractivity contribution in [2.75, 3.05) is 0 Å². The molecule has 0 spiro atoms. The molecule has 14 nitrogen and oxygen atoms in total. The quantitative estimate of drug-likeness (QED) is 0.248. The van der Waals surface area contributed by atoms with Crippen LogP contribution in [0.3, 0.4) is 0 Å². The van der Waals surface area contributed by atoms with Gasteiger partial charge >= 0.3 is 11.4 Å². The summed E-state index contributed by atoms with van der Waals surface area (Å²) < 4.78 is 0. The molecule has 1 aromatic heterocycles. The molecule has 214 valence electrons. The first-order valence-electron chi connectivity index (χ1n) is 13.2. The Bertz CT molecular complexity index is 2650. The predicted octanol–water partition coefficient (Wildman–Crippen LogP) is 4.05. The summed E-state index contributed by atoms with van der Waals surface area (Å²) in [4.78, 5) is 39.9. The van der Waals surface area contributed by atoms with Crippen LogP contribution < -0.4 is 21.4 Å². The lowest BCUT2D eigenvalue weighted by Crippen LogP contribution is -2.25. The summed E-state index contributed by atoms with van der Waals surface area (Å²) in [6.07, 6.45) is 0. The fourth-order valence-corrected chi connectivity index (χ4v) is 4.87. The van der Waals surface area contributed by atoms with Gasteiger partial charge in [0.2, 0.25) is 5.69 Å². The Hall–Kier alpha value is -8.66. The van der Waals surface area contributed by atoms with Crippen LogP contribution in [0.15, 0.2) is 91.5 Å². The van der Waals surface area contributed by atoms with Crippen molar-refractivity contribution in [3.63, 3.8) is 0 Å². The van der Waals surface area contributed by atoms with Crippen LogP contribution in [-0.2, 0) is 0 Å². The molecule has 0 saturated carbocycles. The minimum Gasteiger partial charge on any atom is -0.250 e. The van der Waals surface area contributed by atoms with Crippen molar-refractivity contribution < 1.29 is 0 Å². The molecule has 0 N–H and O–H groups in total. The molecule has 3 aromatic carbocycles. The van der Waals surface area contributed by atoms with Crippen molar-refractivity contribution in [2.45, 2.75) is 0 Å². The monoisotopic (exact) mass is 612 g/mol. The van der Waals surface area contributed by atoms with Gasteiger partial charge in [-0.1, -0.05) is 6.07 Å². The largest absolute Gasteiger partial charge is 0.305 e. The molecule has 2 aliphatic rings. The molecule has 0 radical (unpaired) electrons. The van der Waals surface area contributed by atoms with Gasteiger partial charge in [-0.3, -0.25) is 0 Å². The zero-order valence-electron chi connectivity index (χ0n) is 23.9. The lowest BCUT2D eigenvalue weighted by atomic mass is 10.0. The average molecular weight is 613 g/mol. The molecule has 6 rings (SSSR count). The number of benzene rings is 3. The third-order valence-corrected chi connectivity index (χ3v) is 6.97. The SMILES string of the molecule is [C-]#[N+]/C(C#N)=C1/N=c2ccc(-c3cc(-c4ccc5c(c4C#N)=N/C(=C(\C#N)[N+]#[C-])N=5)nc(-c4cc(C#N)cc([N+]#[C-])c4)n3)c([N+]#[C-])c2=N1. The lowest BCUT2D eigenvalue weighted by Gasteiger charge is -2.11.